The van der Waals surface area contributed by atoms with Gasteiger partial charge in [-0.15, -0.1) is 0 Å². The van der Waals surface area contributed by atoms with E-state index in [-0.39, 0.29) is 0 Å². The van der Waals surface area contributed by atoms with Gasteiger partial charge in [-0.1, -0.05) is 29.8 Å². The Bertz CT molecular complexity index is 870. The second-order valence-corrected chi connectivity index (χ2v) is 7.95. The van der Waals surface area contributed by atoms with E-state index in [0.717, 1.165) is 37.3 Å². The van der Waals surface area contributed by atoms with Gasteiger partial charge in [0.1, 0.15) is 18.1 Å². The predicted molar refractivity (Wildman–Crippen MR) is 118 cm³/mol. The lowest BCUT2D eigenvalue weighted by Crippen LogP contribution is -2.01. The van der Waals surface area contributed by atoms with Crippen LogP contribution in [0.4, 0.5) is 5.69 Å². The van der Waals surface area contributed by atoms with Crippen LogP contribution in [0.5, 0.6) is 11.5 Å². The van der Waals surface area contributed by atoms with Gasteiger partial charge in [-0.25, -0.2) is 0 Å². The van der Waals surface area contributed by atoms with E-state index in [1.54, 1.807) is 7.11 Å². The van der Waals surface area contributed by atoms with E-state index in [2.05, 4.69) is 80.5 Å². The number of hydrogen-bond donors (Lipinski definition) is 1. The molecule has 0 unspecified atom stereocenters. The Balaban J connectivity index is 1.63. The number of halogens is 2. The molecule has 0 aliphatic rings. The molecule has 0 saturated carbocycles. The minimum Gasteiger partial charge on any atom is -0.497 e. The van der Waals surface area contributed by atoms with Crippen LogP contribution < -0.4 is 14.8 Å². The van der Waals surface area contributed by atoms with E-state index in [0.29, 0.717) is 13.2 Å². The van der Waals surface area contributed by atoms with E-state index in [1.165, 1.54) is 5.56 Å². The summed E-state index contributed by atoms with van der Waals surface area (Å²) >= 11 is 7.26. The second-order valence-electron chi connectivity index (χ2n) is 6.24. The van der Waals surface area contributed by atoms with Gasteiger partial charge in [-0.2, -0.15) is 0 Å². The largest absolute Gasteiger partial charge is 0.497 e. The van der Waals surface area contributed by atoms with Crippen LogP contribution in [-0.4, -0.2) is 7.11 Å². The van der Waals surface area contributed by atoms with Crippen LogP contribution in [-0.2, 0) is 13.2 Å². The molecule has 3 rings (SSSR count). The van der Waals surface area contributed by atoms with E-state index in [1.807, 2.05) is 24.3 Å². The fourth-order valence-corrected chi connectivity index (χ4v) is 4.12. The SMILES string of the molecule is COc1ccc(NCc2cc(Br)c(OCc3ccc(C)cc3)c(Br)c2)cc1. The number of benzene rings is 3. The summed E-state index contributed by atoms with van der Waals surface area (Å²) in [6, 6.07) is 20.4. The lowest BCUT2D eigenvalue weighted by molar-refractivity contribution is 0.302. The van der Waals surface area contributed by atoms with Crippen LogP contribution in [0.3, 0.4) is 0 Å². The average molecular weight is 491 g/mol. The minimum absolute atomic E-state index is 0.529. The first kappa shape index (κ1) is 19.8. The molecule has 0 aliphatic heterocycles. The van der Waals surface area contributed by atoms with Gasteiger partial charge in [0.25, 0.3) is 0 Å². The molecule has 140 valence electrons. The fourth-order valence-electron chi connectivity index (χ4n) is 2.61. The van der Waals surface area contributed by atoms with E-state index in [4.69, 9.17) is 9.47 Å². The molecule has 0 bridgehead atoms. The summed E-state index contributed by atoms with van der Waals surface area (Å²) in [5.41, 5.74) is 4.58. The molecule has 0 spiro atoms. The number of anilines is 1. The third-order valence-electron chi connectivity index (χ3n) is 4.15. The first-order valence-electron chi connectivity index (χ1n) is 8.59. The highest BCUT2D eigenvalue weighted by molar-refractivity contribution is 9.11. The smallest absolute Gasteiger partial charge is 0.148 e. The highest BCUT2D eigenvalue weighted by atomic mass is 79.9. The monoisotopic (exact) mass is 489 g/mol. The summed E-state index contributed by atoms with van der Waals surface area (Å²) in [5.74, 6) is 1.66. The molecule has 0 radical (unpaired) electrons. The van der Waals surface area contributed by atoms with Crippen molar-refractivity contribution >= 4 is 37.5 Å². The summed E-state index contributed by atoms with van der Waals surface area (Å²) in [4.78, 5) is 0. The molecule has 3 nitrogen and oxygen atoms in total. The number of methoxy groups -OCH3 is 1. The molecule has 0 heterocycles. The molecule has 5 heteroatoms. The van der Waals surface area contributed by atoms with Crippen molar-refractivity contribution in [3.05, 3.63) is 86.3 Å². The quantitative estimate of drug-likeness (QED) is 0.398. The molecule has 0 fully saturated rings. The molecule has 1 N–H and O–H groups in total. The zero-order chi connectivity index (χ0) is 19.2. The lowest BCUT2D eigenvalue weighted by atomic mass is 10.2. The first-order valence-corrected chi connectivity index (χ1v) is 10.2. The normalized spacial score (nSPS) is 10.5. The van der Waals surface area contributed by atoms with Gasteiger partial charge in [0.05, 0.1) is 16.1 Å². The predicted octanol–water partition coefficient (Wildman–Crippen LogP) is 6.72. The summed E-state index contributed by atoms with van der Waals surface area (Å²) in [6.07, 6.45) is 0. The number of nitrogens with one attached hydrogen (secondary N) is 1. The van der Waals surface area contributed by atoms with Crippen LogP contribution in [0.1, 0.15) is 16.7 Å². The average Bonchev–Trinajstić information content (AvgIpc) is 2.67. The van der Waals surface area contributed by atoms with Gasteiger partial charge in [0.2, 0.25) is 0 Å². The van der Waals surface area contributed by atoms with Gasteiger partial charge in [0.15, 0.2) is 0 Å². The Morgan fingerprint density at radius 2 is 1.48 bits per heavy atom. The van der Waals surface area contributed by atoms with Gasteiger partial charge >= 0.3 is 0 Å². The highest BCUT2D eigenvalue weighted by Crippen LogP contribution is 2.35. The fraction of sp³-hybridized carbons (Fsp3) is 0.182. The number of rotatable bonds is 7. The summed E-state index contributed by atoms with van der Waals surface area (Å²) in [5, 5.41) is 3.41. The Hall–Kier alpha value is -1.98. The Morgan fingerprint density at radius 3 is 2.07 bits per heavy atom. The maximum Gasteiger partial charge on any atom is 0.148 e. The Kier molecular flexibility index (Phi) is 6.80. The van der Waals surface area contributed by atoms with Crippen LogP contribution in [0.15, 0.2) is 69.6 Å². The molecule has 0 atom stereocenters. The minimum atomic E-state index is 0.529. The van der Waals surface area contributed by atoms with Crippen LogP contribution in [0.2, 0.25) is 0 Å². The Labute approximate surface area is 177 Å². The van der Waals surface area contributed by atoms with Gasteiger partial charge in [-0.3, -0.25) is 0 Å². The standard InChI is InChI=1S/C22H21Br2NO2/c1-15-3-5-16(6-4-15)14-27-22-20(23)11-17(12-21(22)24)13-25-18-7-9-19(26-2)10-8-18/h3-12,25H,13-14H2,1-2H3. The molecule has 0 amide bonds. The maximum atomic E-state index is 6.01. The van der Waals surface area contributed by atoms with E-state index >= 15 is 0 Å². The van der Waals surface area contributed by atoms with Crippen molar-refractivity contribution in [1.82, 2.24) is 0 Å². The zero-order valence-corrected chi connectivity index (χ0v) is 18.4. The van der Waals surface area contributed by atoms with Crippen LogP contribution >= 0.6 is 31.9 Å². The van der Waals surface area contributed by atoms with Crippen molar-refractivity contribution in [2.75, 3.05) is 12.4 Å². The molecule has 27 heavy (non-hydrogen) atoms. The van der Waals surface area contributed by atoms with E-state index < -0.39 is 0 Å². The maximum absolute atomic E-state index is 6.01. The van der Waals surface area contributed by atoms with Crippen molar-refractivity contribution in [2.24, 2.45) is 0 Å². The zero-order valence-electron chi connectivity index (χ0n) is 15.3. The van der Waals surface area contributed by atoms with Crippen molar-refractivity contribution in [3.63, 3.8) is 0 Å². The molecule has 0 aromatic heterocycles. The number of ether oxygens (including phenoxy) is 2. The Morgan fingerprint density at radius 1 is 0.852 bits per heavy atom. The third kappa shape index (κ3) is 5.50. The highest BCUT2D eigenvalue weighted by Gasteiger charge is 2.10. The summed E-state index contributed by atoms with van der Waals surface area (Å²) in [6.45, 7) is 3.32. The van der Waals surface area contributed by atoms with Crippen LogP contribution in [0.25, 0.3) is 0 Å². The van der Waals surface area contributed by atoms with Gasteiger partial charge in [0, 0.05) is 12.2 Å². The van der Waals surface area contributed by atoms with Gasteiger partial charge in [-0.05, 0) is 86.3 Å². The van der Waals surface area contributed by atoms with Crippen molar-refractivity contribution in [2.45, 2.75) is 20.1 Å². The second kappa shape index (κ2) is 9.29. The third-order valence-corrected chi connectivity index (χ3v) is 5.33. The topological polar surface area (TPSA) is 30.5 Å². The summed E-state index contributed by atoms with van der Waals surface area (Å²) in [7, 11) is 1.67. The first-order chi connectivity index (χ1) is 13.0. The molecular weight excluding hydrogens is 470 g/mol. The molecule has 0 aliphatic carbocycles. The van der Waals surface area contributed by atoms with Gasteiger partial charge < -0.3 is 14.8 Å². The number of aryl methyl sites for hydroxylation is 1. The van der Waals surface area contributed by atoms with Crippen molar-refractivity contribution in [3.8, 4) is 11.5 Å². The molecule has 3 aromatic rings. The number of hydrogen-bond acceptors (Lipinski definition) is 3. The van der Waals surface area contributed by atoms with Crippen molar-refractivity contribution in [1.29, 1.82) is 0 Å². The van der Waals surface area contributed by atoms with Crippen molar-refractivity contribution < 1.29 is 9.47 Å². The van der Waals surface area contributed by atoms with E-state index in [9.17, 15) is 0 Å². The summed E-state index contributed by atoms with van der Waals surface area (Å²) < 4.78 is 13.0. The van der Waals surface area contributed by atoms with Crippen LogP contribution in [0, 0.1) is 6.92 Å². The molecular formula is C22H21Br2NO2. The molecule has 3 aromatic carbocycles. The lowest BCUT2D eigenvalue weighted by Gasteiger charge is -2.13. The molecule has 0 saturated heterocycles.